The molecule has 0 spiro atoms. The van der Waals surface area contributed by atoms with Crippen molar-refractivity contribution >= 4 is 5.91 Å². The van der Waals surface area contributed by atoms with Crippen LogP contribution in [-0.2, 0) is 0 Å². The molecule has 1 amide bonds. The molecule has 4 nitrogen and oxygen atoms in total. The molecule has 0 aliphatic carbocycles. The van der Waals surface area contributed by atoms with E-state index in [0.29, 0.717) is 5.56 Å². The van der Waals surface area contributed by atoms with E-state index in [1.165, 1.54) is 0 Å². The molecule has 0 aromatic heterocycles. The van der Waals surface area contributed by atoms with Crippen LogP contribution in [0.15, 0.2) is 24.3 Å². The van der Waals surface area contributed by atoms with Crippen molar-refractivity contribution in [2.45, 2.75) is 32.9 Å². The molecule has 1 atom stereocenters. The Morgan fingerprint density at radius 2 is 2.26 bits per heavy atom. The standard InChI is InChI=1S/C15H22N2O2/c1-11(2)19-14-6-4-5-13(9-14)15(18)17-8-7-16-10-12(17)3/h4-6,9,11-12,16H,7-8,10H2,1-3H3/t12-/m1/s1. The van der Waals surface area contributed by atoms with E-state index in [9.17, 15) is 4.79 Å². The number of rotatable bonds is 3. The molecule has 1 aromatic carbocycles. The molecule has 2 rings (SSSR count). The Morgan fingerprint density at radius 3 is 2.95 bits per heavy atom. The third-order valence-corrected chi connectivity index (χ3v) is 3.21. The van der Waals surface area contributed by atoms with Crippen LogP contribution in [0.3, 0.4) is 0 Å². The quantitative estimate of drug-likeness (QED) is 0.904. The Kier molecular flexibility index (Phi) is 4.43. The van der Waals surface area contributed by atoms with Crippen molar-refractivity contribution in [3.05, 3.63) is 29.8 Å². The summed E-state index contributed by atoms with van der Waals surface area (Å²) in [6.45, 7) is 8.50. The first-order chi connectivity index (χ1) is 9.08. The van der Waals surface area contributed by atoms with E-state index in [1.807, 2.05) is 43.0 Å². The Labute approximate surface area is 114 Å². The molecule has 4 heteroatoms. The van der Waals surface area contributed by atoms with Crippen LogP contribution in [0.25, 0.3) is 0 Å². The fraction of sp³-hybridized carbons (Fsp3) is 0.533. The van der Waals surface area contributed by atoms with Gasteiger partial charge in [0, 0.05) is 31.2 Å². The second-order valence-corrected chi connectivity index (χ2v) is 5.25. The van der Waals surface area contributed by atoms with Crippen molar-refractivity contribution in [2.24, 2.45) is 0 Å². The molecule has 1 heterocycles. The molecule has 1 aromatic rings. The number of ether oxygens (including phenoxy) is 1. The SMILES string of the molecule is CC(C)Oc1cccc(C(=O)N2CCNC[C@H]2C)c1. The summed E-state index contributed by atoms with van der Waals surface area (Å²) in [6, 6.07) is 7.67. The Morgan fingerprint density at radius 1 is 1.47 bits per heavy atom. The number of piperazine rings is 1. The van der Waals surface area contributed by atoms with Crippen molar-refractivity contribution < 1.29 is 9.53 Å². The summed E-state index contributed by atoms with van der Waals surface area (Å²) < 4.78 is 5.64. The van der Waals surface area contributed by atoms with E-state index in [4.69, 9.17) is 4.74 Å². The monoisotopic (exact) mass is 262 g/mol. The molecule has 19 heavy (non-hydrogen) atoms. The summed E-state index contributed by atoms with van der Waals surface area (Å²) in [5, 5.41) is 3.29. The van der Waals surface area contributed by atoms with Crippen LogP contribution in [0, 0.1) is 0 Å². The number of nitrogens with one attached hydrogen (secondary N) is 1. The molecule has 1 fully saturated rings. The topological polar surface area (TPSA) is 41.6 Å². The lowest BCUT2D eigenvalue weighted by molar-refractivity contribution is 0.0655. The lowest BCUT2D eigenvalue weighted by Gasteiger charge is -2.34. The molecule has 1 N–H and O–H groups in total. The molecular weight excluding hydrogens is 240 g/mol. The molecule has 0 radical (unpaired) electrons. The van der Waals surface area contributed by atoms with E-state index < -0.39 is 0 Å². The van der Waals surface area contributed by atoms with E-state index in [2.05, 4.69) is 12.2 Å². The van der Waals surface area contributed by atoms with Crippen LogP contribution < -0.4 is 10.1 Å². The van der Waals surface area contributed by atoms with E-state index in [1.54, 1.807) is 0 Å². The maximum absolute atomic E-state index is 12.5. The van der Waals surface area contributed by atoms with Gasteiger partial charge in [-0.15, -0.1) is 0 Å². The minimum atomic E-state index is 0.0863. The number of hydrogen-bond donors (Lipinski definition) is 1. The van der Waals surface area contributed by atoms with Gasteiger partial charge in [-0.1, -0.05) is 6.07 Å². The summed E-state index contributed by atoms with van der Waals surface area (Å²) in [5.74, 6) is 0.840. The van der Waals surface area contributed by atoms with E-state index >= 15 is 0 Å². The van der Waals surface area contributed by atoms with Crippen LogP contribution in [0.4, 0.5) is 0 Å². The molecular formula is C15H22N2O2. The third-order valence-electron chi connectivity index (χ3n) is 3.21. The van der Waals surface area contributed by atoms with Gasteiger partial charge in [0.1, 0.15) is 5.75 Å². The van der Waals surface area contributed by atoms with Gasteiger partial charge in [-0.25, -0.2) is 0 Å². The molecule has 0 saturated carbocycles. The van der Waals surface area contributed by atoms with Crippen molar-refractivity contribution in [1.82, 2.24) is 10.2 Å². The Bertz CT molecular complexity index is 446. The molecule has 1 aliphatic rings. The zero-order valence-electron chi connectivity index (χ0n) is 11.8. The van der Waals surface area contributed by atoms with Crippen LogP contribution in [-0.4, -0.2) is 42.6 Å². The third kappa shape index (κ3) is 3.47. The van der Waals surface area contributed by atoms with E-state index in [0.717, 1.165) is 25.4 Å². The highest BCUT2D eigenvalue weighted by molar-refractivity contribution is 5.94. The lowest BCUT2D eigenvalue weighted by Crippen LogP contribution is -2.52. The second kappa shape index (κ2) is 6.06. The van der Waals surface area contributed by atoms with Crippen molar-refractivity contribution in [3.8, 4) is 5.75 Å². The second-order valence-electron chi connectivity index (χ2n) is 5.25. The normalized spacial score (nSPS) is 19.6. The molecule has 1 aliphatic heterocycles. The minimum absolute atomic E-state index is 0.0863. The predicted octanol–water partition coefficient (Wildman–Crippen LogP) is 1.91. The highest BCUT2D eigenvalue weighted by Gasteiger charge is 2.24. The fourth-order valence-corrected chi connectivity index (χ4v) is 2.28. The van der Waals surface area contributed by atoms with Crippen LogP contribution >= 0.6 is 0 Å². The van der Waals surface area contributed by atoms with Gasteiger partial charge in [0.2, 0.25) is 0 Å². The molecule has 0 unspecified atom stereocenters. The van der Waals surface area contributed by atoms with Gasteiger partial charge < -0.3 is 15.0 Å². The Hall–Kier alpha value is -1.55. The summed E-state index contributed by atoms with van der Waals surface area (Å²) >= 11 is 0. The Balaban J connectivity index is 2.14. The summed E-state index contributed by atoms with van der Waals surface area (Å²) in [5.41, 5.74) is 0.701. The van der Waals surface area contributed by atoms with Gasteiger partial charge in [0.05, 0.1) is 6.10 Å². The van der Waals surface area contributed by atoms with Crippen molar-refractivity contribution in [1.29, 1.82) is 0 Å². The summed E-state index contributed by atoms with van der Waals surface area (Å²) in [4.78, 5) is 14.4. The fourth-order valence-electron chi connectivity index (χ4n) is 2.28. The zero-order chi connectivity index (χ0) is 13.8. The highest BCUT2D eigenvalue weighted by Crippen LogP contribution is 2.17. The van der Waals surface area contributed by atoms with Crippen LogP contribution in [0.2, 0.25) is 0 Å². The first-order valence-electron chi connectivity index (χ1n) is 6.86. The largest absolute Gasteiger partial charge is 0.491 e. The number of hydrogen-bond acceptors (Lipinski definition) is 3. The number of nitrogens with zero attached hydrogens (tertiary/aromatic N) is 1. The maximum atomic E-state index is 12.5. The number of carbonyl (C=O) groups is 1. The molecule has 1 saturated heterocycles. The highest BCUT2D eigenvalue weighted by atomic mass is 16.5. The average molecular weight is 262 g/mol. The van der Waals surface area contributed by atoms with Crippen molar-refractivity contribution in [2.75, 3.05) is 19.6 Å². The van der Waals surface area contributed by atoms with Crippen LogP contribution in [0.5, 0.6) is 5.75 Å². The first-order valence-corrected chi connectivity index (χ1v) is 6.86. The lowest BCUT2D eigenvalue weighted by atomic mass is 10.1. The van der Waals surface area contributed by atoms with Gasteiger partial charge in [-0.05, 0) is 39.0 Å². The van der Waals surface area contributed by atoms with Gasteiger partial charge in [0.25, 0.3) is 5.91 Å². The van der Waals surface area contributed by atoms with E-state index in [-0.39, 0.29) is 18.1 Å². The number of benzene rings is 1. The predicted molar refractivity (Wildman–Crippen MR) is 75.6 cm³/mol. The maximum Gasteiger partial charge on any atom is 0.254 e. The average Bonchev–Trinajstić information content (AvgIpc) is 2.38. The van der Waals surface area contributed by atoms with Gasteiger partial charge >= 0.3 is 0 Å². The molecule has 104 valence electrons. The van der Waals surface area contributed by atoms with Crippen LogP contribution in [0.1, 0.15) is 31.1 Å². The van der Waals surface area contributed by atoms with Gasteiger partial charge in [-0.2, -0.15) is 0 Å². The number of amides is 1. The zero-order valence-corrected chi connectivity index (χ0v) is 11.8. The van der Waals surface area contributed by atoms with Gasteiger partial charge in [0.15, 0.2) is 0 Å². The van der Waals surface area contributed by atoms with Crippen molar-refractivity contribution in [3.63, 3.8) is 0 Å². The first kappa shape index (κ1) is 13.9. The summed E-state index contributed by atoms with van der Waals surface area (Å²) in [6.07, 6.45) is 0.114. The number of carbonyl (C=O) groups excluding carboxylic acids is 1. The summed E-state index contributed by atoms with van der Waals surface area (Å²) in [7, 11) is 0. The smallest absolute Gasteiger partial charge is 0.254 e. The minimum Gasteiger partial charge on any atom is -0.491 e. The molecule has 0 bridgehead atoms. The van der Waals surface area contributed by atoms with Gasteiger partial charge in [-0.3, -0.25) is 4.79 Å².